The SMILES string of the molecule is CN(C)c1nnc(Sc2cc(F)c(Br)cc2N)s1. The molecule has 0 saturated heterocycles. The lowest BCUT2D eigenvalue weighted by Crippen LogP contribution is -2.07. The third kappa shape index (κ3) is 2.93. The standard InChI is InChI=1S/C10H10BrFN4S2/c1-16(2)9-14-15-10(18-9)17-8-4-6(12)5(11)3-7(8)13/h3-4H,13H2,1-2H3. The van der Waals surface area contributed by atoms with Crippen molar-refractivity contribution < 1.29 is 4.39 Å². The van der Waals surface area contributed by atoms with Crippen LogP contribution in [0.1, 0.15) is 0 Å². The van der Waals surface area contributed by atoms with Crippen molar-refractivity contribution in [2.45, 2.75) is 9.24 Å². The summed E-state index contributed by atoms with van der Waals surface area (Å²) in [5, 5.41) is 8.84. The number of anilines is 2. The van der Waals surface area contributed by atoms with Gasteiger partial charge in [0.05, 0.1) is 4.47 Å². The Balaban J connectivity index is 2.25. The fourth-order valence-corrected chi connectivity index (χ4v) is 3.28. The zero-order chi connectivity index (χ0) is 13.3. The van der Waals surface area contributed by atoms with Gasteiger partial charge in [0.1, 0.15) is 5.82 Å². The Bertz CT molecular complexity index is 573. The molecule has 0 aliphatic carbocycles. The van der Waals surface area contributed by atoms with E-state index in [0.29, 0.717) is 15.1 Å². The fraction of sp³-hybridized carbons (Fsp3) is 0.200. The van der Waals surface area contributed by atoms with Crippen LogP contribution in [-0.4, -0.2) is 24.3 Å². The van der Waals surface area contributed by atoms with Gasteiger partial charge in [-0.3, -0.25) is 0 Å². The number of rotatable bonds is 3. The van der Waals surface area contributed by atoms with Crippen molar-refractivity contribution in [1.82, 2.24) is 10.2 Å². The zero-order valence-electron chi connectivity index (χ0n) is 9.65. The van der Waals surface area contributed by atoms with Crippen LogP contribution in [0.15, 0.2) is 25.8 Å². The number of aromatic nitrogens is 2. The summed E-state index contributed by atoms with van der Waals surface area (Å²) in [6, 6.07) is 2.94. The van der Waals surface area contributed by atoms with Crippen LogP contribution in [0.4, 0.5) is 15.2 Å². The van der Waals surface area contributed by atoms with Crippen molar-refractivity contribution in [1.29, 1.82) is 0 Å². The molecule has 4 nitrogen and oxygen atoms in total. The monoisotopic (exact) mass is 348 g/mol. The van der Waals surface area contributed by atoms with Gasteiger partial charge >= 0.3 is 0 Å². The third-order valence-electron chi connectivity index (χ3n) is 2.03. The second-order valence-electron chi connectivity index (χ2n) is 3.65. The van der Waals surface area contributed by atoms with Crippen LogP contribution in [0.2, 0.25) is 0 Å². The maximum atomic E-state index is 13.4. The molecular formula is C10H10BrFN4S2. The molecule has 2 rings (SSSR count). The van der Waals surface area contributed by atoms with Crippen LogP contribution < -0.4 is 10.6 Å². The van der Waals surface area contributed by atoms with Crippen molar-refractivity contribution in [3.63, 3.8) is 0 Å². The number of nitrogen functional groups attached to an aromatic ring is 1. The molecule has 0 atom stereocenters. The van der Waals surface area contributed by atoms with Gasteiger partial charge in [0.15, 0.2) is 4.34 Å². The van der Waals surface area contributed by atoms with Gasteiger partial charge in [0, 0.05) is 24.7 Å². The first kappa shape index (κ1) is 13.6. The van der Waals surface area contributed by atoms with E-state index in [1.165, 1.54) is 29.2 Å². The second-order valence-corrected chi connectivity index (χ2v) is 6.75. The zero-order valence-corrected chi connectivity index (χ0v) is 12.9. The largest absolute Gasteiger partial charge is 0.398 e. The molecule has 18 heavy (non-hydrogen) atoms. The summed E-state index contributed by atoms with van der Waals surface area (Å²) < 4.78 is 14.5. The minimum atomic E-state index is -0.343. The minimum Gasteiger partial charge on any atom is -0.398 e. The first-order chi connectivity index (χ1) is 8.47. The number of benzene rings is 1. The van der Waals surface area contributed by atoms with Gasteiger partial charge in [-0.25, -0.2) is 4.39 Å². The van der Waals surface area contributed by atoms with E-state index in [1.807, 2.05) is 19.0 Å². The molecule has 0 aliphatic heterocycles. The molecular weight excluding hydrogens is 339 g/mol. The predicted molar refractivity (Wildman–Crippen MR) is 76.9 cm³/mol. The van der Waals surface area contributed by atoms with Crippen molar-refractivity contribution >= 4 is 49.8 Å². The topological polar surface area (TPSA) is 55.0 Å². The van der Waals surface area contributed by atoms with Crippen LogP contribution in [-0.2, 0) is 0 Å². The summed E-state index contributed by atoms with van der Waals surface area (Å²) >= 11 is 5.83. The van der Waals surface area contributed by atoms with Gasteiger partial charge in [-0.2, -0.15) is 0 Å². The Labute approximate surface area is 121 Å². The normalized spacial score (nSPS) is 10.7. The lowest BCUT2D eigenvalue weighted by atomic mass is 10.3. The smallest absolute Gasteiger partial charge is 0.208 e. The molecule has 1 aromatic carbocycles. The van der Waals surface area contributed by atoms with Gasteiger partial charge in [-0.1, -0.05) is 23.1 Å². The van der Waals surface area contributed by atoms with E-state index in [2.05, 4.69) is 26.1 Å². The Hall–Kier alpha value is -0.860. The maximum absolute atomic E-state index is 13.4. The summed E-state index contributed by atoms with van der Waals surface area (Å²) in [5.74, 6) is -0.343. The van der Waals surface area contributed by atoms with Crippen LogP contribution in [0.25, 0.3) is 0 Å². The highest BCUT2D eigenvalue weighted by molar-refractivity contribution is 9.10. The van der Waals surface area contributed by atoms with Crippen LogP contribution >= 0.6 is 39.0 Å². The molecule has 2 N–H and O–H groups in total. The Morgan fingerprint density at radius 2 is 2.11 bits per heavy atom. The summed E-state index contributed by atoms with van der Waals surface area (Å²) in [6.07, 6.45) is 0. The lowest BCUT2D eigenvalue weighted by Gasteiger charge is -2.05. The van der Waals surface area contributed by atoms with Crippen molar-refractivity contribution in [3.8, 4) is 0 Å². The maximum Gasteiger partial charge on any atom is 0.208 e. The van der Waals surface area contributed by atoms with Crippen LogP contribution in [0.5, 0.6) is 0 Å². The molecule has 1 heterocycles. The van der Waals surface area contributed by atoms with E-state index in [9.17, 15) is 4.39 Å². The van der Waals surface area contributed by atoms with Crippen molar-refractivity contribution in [2.75, 3.05) is 24.7 Å². The summed E-state index contributed by atoms with van der Waals surface area (Å²) in [4.78, 5) is 2.50. The molecule has 1 aromatic heterocycles. The Morgan fingerprint density at radius 1 is 1.39 bits per heavy atom. The Kier molecular flexibility index (Phi) is 4.08. The van der Waals surface area contributed by atoms with Crippen molar-refractivity contribution in [2.24, 2.45) is 0 Å². The molecule has 96 valence electrons. The average molecular weight is 349 g/mol. The first-order valence-electron chi connectivity index (χ1n) is 4.90. The number of hydrogen-bond donors (Lipinski definition) is 1. The van der Waals surface area contributed by atoms with Crippen LogP contribution in [0, 0.1) is 5.82 Å². The lowest BCUT2D eigenvalue weighted by molar-refractivity contribution is 0.618. The van der Waals surface area contributed by atoms with E-state index in [1.54, 1.807) is 6.07 Å². The highest BCUT2D eigenvalue weighted by Crippen LogP contribution is 2.37. The quantitative estimate of drug-likeness (QED) is 0.863. The van der Waals surface area contributed by atoms with Crippen LogP contribution in [0.3, 0.4) is 0 Å². The summed E-state index contributed by atoms with van der Waals surface area (Å²) in [6.45, 7) is 0. The molecule has 0 radical (unpaired) electrons. The summed E-state index contributed by atoms with van der Waals surface area (Å²) in [7, 11) is 3.78. The molecule has 8 heteroatoms. The van der Waals surface area contributed by atoms with Gasteiger partial charge in [0.25, 0.3) is 0 Å². The highest BCUT2D eigenvalue weighted by Gasteiger charge is 2.11. The molecule has 0 fully saturated rings. The first-order valence-corrected chi connectivity index (χ1v) is 7.33. The van der Waals surface area contributed by atoms with Crippen molar-refractivity contribution in [3.05, 3.63) is 22.4 Å². The fourth-order valence-electron chi connectivity index (χ4n) is 1.15. The molecule has 0 unspecified atom stereocenters. The minimum absolute atomic E-state index is 0.343. The van der Waals surface area contributed by atoms with Gasteiger partial charge in [-0.15, -0.1) is 10.2 Å². The van der Waals surface area contributed by atoms with Gasteiger partial charge in [0.2, 0.25) is 5.13 Å². The second kappa shape index (κ2) is 5.41. The molecule has 2 aromatic rings. The number of hydrogen-bond acceptors (Lipinski definition) is 6. The highest BCUT2D eigenvalue weighted by atomic mass is 79.9. The molecule has 0 aliphatic rings. The predicted octanol–water partition coefficient (Wildman–Crippen LogP) is 3.24. The number of nitrogens with two attached hydrogens (primary N) is 1. The average Bonchev–Trinajstić information content (AvgIpc) is 2.74. The van der Waals surface area contributed by atoms with Gasteiger partial charge < -0.3 is 10.6 Å². The van der Waals surface area contributed by atoms with E-state index in [0.717, 1.165) is 9.47 Å². The molecule has 0 spiro atoms. The third-order valence-corrected chi connectivity index (χ3v) is 4.85. The molecule has 0 saturated carbocycles. The molecule has 0 bridgehead atoms. The molecule has 0 amide bonds. The Morgan fingerprint density at radius 3 is 2.72 bits per heavy atom. The number of halogens is 2. The van der Waals surface area contributed by atoms with E-state index < -0.39 is 0 Å². The summed E-state index contributed by atoms with van der Waals surface area (Å²) in [5.41, 5.74) is 6.34. The van der Waals surface area contributed by atoms with E-state index in [-0.39, 0.29) is 5.82 Å². The number of nitrogens with zero attached hydrogens (tertiary/aromatic N) is 3. The van der Waals surface area contributed by atoms with E-state index in [4.69, 9.17) is 5.73 Å². The van der Waals surface area contributed by atoms with Gasteiger partial charge in [-0.05, 0) is 28.1 Å². The van der Waals surface area contributed by atoms with E-state index >= 15 is 0 Å².